The molecule has 0 spiro atoms. The quantitative estimate of drug-likeness (QED) is 0.808. The molecule has 2 saturated heterocycles. The summed E-state index contributed by atoms with van der Waals surface area (Å²) in [6, 6.07) is 7.03. The lowest BCUT2D eigenvalue weighted by molar-refractivity contribution is -0.0692. The average Bonchev–Trinajstić information content (AvgIpc) is 2.54. The Morgan fingerprint density at radius 2 is 1.83 bits per heavy atom. The van der Waals surface area contributed by atoms with E-state index in [0.29, 0.717) is 50.8 Å². The van der Waals surface area contributed by atoms with Gasteiger partial charge in [-0.1, -0.05) is 32.0 Å². The number of alkyl halides is 1. The molecule has 0 atom stereocenters. The molecule has 5 nitrogen and oxygen atoms in total. The summed E-state index contributed by atoms with van der Waals surface area (Å²) in [6.45, 7) is 6.54. The topological polar surface area (TPSA) is 49.9 Å². The predicted molar refractivity (Wildman–Crippen MR) is 90.0 cm³/mol. The maximum atomic E-state index is 14.4. The molecule has 2 aliphatic rings. The fourth-order valence-electron chi connectivity index (χ4n) is 3.23. The largest absolute Gasteiger partial charge is 0.379 e. The van der Waals surface area contributed by atoms with Crippen molar-refractivity contribution >= 4 is 10.0 Å². The van der Waals surface area contributed by atoms with E-state index in [2.05, 4.69) is 0 Å². The number of benzene rings is 1. The highest BCUT2D eigenvalue weighted by atomic mass is 32.2. The van der Waals surface area contributed by atoms with Crippen molar-refractivity contribution in [2.75, 3.05) is 39.4 Å². The standard InChI is InChI=1S/C17H25FN2O3S/c1-14(2)17(18)12-19(13-17)11-15-5-3-4-6-16(15)24(21,22)20-7-9-23-10-8-20/h3-6,14H,7-13H2,1-2H3. The zero-order valence-electron chi connectivity index (χ0n) is 14.2. The second-order valence-electron chi connectivity index (χ2n) is 6.96. The molecular weight excluding hydrogens is 331 g/mol. The van der Waals surface area contributed by atoms with Crippen molar-refractivity contribution in [3.05, 3.63) is 29.8 Å². The molecule has 0 aliphatic carbocycles. The number of ether oxygens (including phenoxy) is 1. The Morgan fingerprint density at radius 1 is 1.21 bits per heavy atom. The molecule has 0 unspecified atom stereocenters. The van der Waals surface area contributed by atoms with E-state index >= 15 is 0 Å². The summed E-state index contributed by atoms with van der Waals surface area (Å²) in [4.78, 5) is 2.29. The van der Waals surface area contributed by atoms with Gasteiger partial charge in [0.2, 0.25) is 10.0 Å². The fourth-order valence-corrected chi connectivity index (χ4v) is 4.85. The summed E-state index contributed by atoms with van der Waals surface area (Å²) in [5.41, 5.74) is -0.423. The molecule has 24 heavy (non-hydrogen) atoms. The predicted octanol–water partition coefficient (Wildman–Crippen LogP) is 1.89. The van der Waals surface area contributed by atoms with Gasteiger partial charge < -0.3 is 4.74 Å². The molecule has 134 valence electrons. The maximum absolute atomic E-state index is 14.4. The lowest BCUT2D eigenvalue weighted by atomic mass is 9.84. The Hall–Kier alpha value is -1.02. The molecule has 0 amide bonds. The van der Waals surface area contributed by atoms with Crippen LogP contribution in [-0.2, 0) is 21.3 Å². The van der Waals surface area contributed by atoms with Crippen LogP contribution in [0.15, 0.2) is 29.2 Å². The number of likely N-dealkylation sites (tertiary alicyclic amines) is 1. The van der Waals surface area contributed by atoms with Gasteiger partial charge in [0.05, 0.1) is 18.1 Å². The van der Waals surface area contributed by atoms with Crippen molar-refractivity contribution in [2.24, 2.45) is 5.92 Å². The SMILES string of the molecule is CC(C)C1(F)CN(Cc2ccccc2S(=O)(=O)N2CCOCC2)C1. The van der Waals surface area contributed by atoms with E-state index in [1.807, 2.05) is 30.9 Å². The molecule has 0 aromatic heterocycles. The van der Waals surface area contributed by atoms with Gasteiger partial charge in [-0.25, -0.2) is 12.8 Å². The van der Waals surface area contributed by atoms with Gasteiger partial charge in [0.1, 0.15) is 5.67 Å². The van der Waals surface area contributed by atoms with Gasteiger partial charge >= 0.3 is 0 Å². The van der Waals surface area contributed by atoms with E-state index < -0.39 is 15.7 Å². The molecule has 7 heteroatoms. The van der Waals surface area contributed by atoms with E-state index in [9.17, 15) is 12.8 Å². The molecule has 1 aromatic carbocycles. The van der Waals surface area contributed by atoms with E-state index in [-0.39, 0.29) is 5.92 Å². The molecule has 1 aromatic rings. The first-order valence-corrected chi connectivity index (χ1v) is 9.84. The van der Waals surface area contributed by atoms with E-state index in [1.165, 1.54) is 4.31 Å². The zero-order chi connectivity index (χ0) is 17.4. The van der Waals surface area contributed by atoms with Crippen LogP contribution in [0.1, 0.15) is 19.4 Å². The van der Waals surface area contributed by atoms with Crippen molar-refractivity contribution in [1.29, 1.82) is 0 Å². The van der Waals surface area contributed by atoms with Crippen molar-refractivity contribution < 1.29 is 17.5 Å². The Balaban J connectivity index is 1.77. The number of rotatable bonds is 5. The van der Waals surface area contributed by atoms with Gasteiger partial charge in [0.25, 0.3) is 0 Å². The van der Waals surface area contributed by atoms with Gasteiger partial charge in [-0.15, -0.1) is 0 Å². The van der Waals surface area contributed by atoms with Crippen LogP contribution in [0.3, 0.4) is 0 Å². The molecule has 0 saturated carbocycles. The first-order valence-electron chi connectivity index (χ1n) is 8.40. The Labute approximate surface area is 143 Å². The lowest BCUT2D eigenvalue weighted by Gasteiger charge is -2.47. The summed E-state index contributed by atoms with van der Waals surface area (Å²) in [5.74, 6) is -0.0268. The van der Waals surface area contributed by atoms with Crippen LogP contribution in [-0.4, -0.2) is 62.7 Å². The highest BCUT2D eigenvalue weighted by Crippen LogP contribution is 2.34. The fraction of sp³-hybridized carbons (Fsp3) is 0.647. The van der Waals surface area contributed by atoms with E-state index in [4.69, 9.17) is 4.74 Å². The van der Waals surface area contributed by atoms with Gasteiger partial charge in [-0.3, -0.25) is 4.90 Å². The molecular formula is C17H25FN2O3S. The van der Waals surface area contributed by atoms with Crippen molar-refractivity contribution in [3.63, 3.8) is 0 Å². The van der Waals surface area contributed by atoms with Gasteiger partial charge in [-0.05, 0) is 17.5 Å². The minimum Gasteiger partial charge on any atom is -0.379 e. The van der Waals surface area contributed by atoms with E-state index in [0.717, 1.165) is 5.56 Å². The molecule has 0 N–H and O–H groups in total. The first kappa shape index (κ1) is 17.8. The lowest BCUT2D eigenvalue weighted by Crippen LogP contribution is -2.61. The first-order chi connectivity index (χ1) is 11.3. The Morgan fingerprint density at radius 3 is 2.46 bits per heavy atom. The normalized spacial score (nSPS) is 22.5. The van der Waals surface area contributed by atoms with Crippen LogP contribution in [0, 0.1) is 5.92 Å². The number of hydrogen-bond acceptors (Lipinski definition) is 4. The van der Waals surface area contributed by atoms with Gasteiger partial charge in [0.15, 0.2) is 0 Å². The van der Waals surface area contributed by atoms with Crippen molar-refractivity contribution in [3.8, 4) is 0 Å². The average molecular weight is 356 g/mol. The third-order valence-corrected chi connectivity index (χ3v) is 6.96. The van der Waals surface area contributed by atoms with Crippen LogP contribution < -0.4 is 0 Å². The molecule has 2 heterocycles. The summed E-state index contributed by atoms with van der Waals surface area (Å²) < 4.78 is 47.0. The molecule has 2 aliphatic heterocycles. The Bertz CT molecular complexity index is 681. The molecule has 0 bridgehead atoms. The summed E-state index contributed by atoms with van der Waals surface area (Å²) in [6.07, 6.45) is 0. The van der Waals surface area contributed by atoms with Gasteiger partial charge in [-0.2, -0.15) is 4.31 Å². The third kappa shape index (κ3) is 3.35. The summed E-state index contributed by atoms with van der Waals surface area (Å²) >= 11 is 0. The maximum Gasteiger partial charge on any atom is 0.243 e. The number of hydrogen-bond donors (Lipinski definition) is 0. The minimum absolute atomic E-state index is 0.0268. The van der Waals surface area contributed by atoms with Crippen LogP contribution in [0.5, 0.6) is 0 Å². The highest BCUT2D eigenvalue weighted by molar-refractivity contribution is 7.89. The highest BCUT2D eigenvalue weighted by Gasteiger charge is 2.46. The number of halogens is 1. The summed E-state index contributed by atoms with van der Waals surface area (Å²) in [5, 5.41) is 0. The van der Waals surface area contributed by atoms with E-state index in [1.54, 1.807) is 12.1 Å². The Kier molecular flexibility index (Phi) is 4.97. The number of morpholine rings is 1. The summed E-state index contributed by atoms with van der Waals surface area (Å²) in [7, 11) is -3.53. The van der Waals surface area contributed by atoms with Crippen LogP contribution >= 0.6 is 0 Å². The number of sulfonamides is 1. The number of nitrogens with zero attached hydrogens (tertiary/aromatic N) is 2. The van der Waals surface area contributed by atoms with Crippen LogP contribution in [0.4, 0.5) is 4.39 Å². The van der Waals surface area contributed by atoms with Crippen LogP contribution in [0.2, 0.25) is 0 Å². The molecule has 3 rings (SSSR count). The van der Waals surface area contributed by atoms with Crippen molar-refractivity contribution in [2.45, 2.75) is 31.0 Å². The monoisotopic (exact) mass is 356 g/mol. The third-order valence-electron chi connectivity index (χ3n) is 4.96. The molecule has 0 radical (unpaired) electrons. The van der Waals surface area contributed by atoms with Crippen molar-refractivity contribution in [1.82, 2.24) is 9.21 Å². The van der Waals surface area contributed by atoms with Gasteiger partial charge in [0, 0.05) is 32.7 Å². The minimum atomic E-state index is -3.53. The van der Waals surface area contributed by atoms with Crippen LogP contribution in [0.25, 0.3) is 0 Å². The molecule has 2 fully saturated rings. The smallest absolute Gasteiger partial charge is 0.243 e. The second kappa shape index (κ2) is 6.71. The second-order valence-corrected chi connectivity index (χ2v) is 8.87. The zero-order valence-corrected chi connectivity index (χ0v) is 15.1.